The second kappa shape index (κ2) is 6.13. The predicted molar refractivity (Wildman–Crippen MR) is 92.6 cm³/mol. The summed E-state index contributed by atoms with van der Waals surface area (Å²) in [5.74, 6) is -0.214. The second-order valence-corrected chi connectivity index (χ2v) is 6.13. The van der Waals surface area contributed by atoms with Crippen LogP contribution in [0.3, 0.4) is 0 Å². The SMILES string of the molecule is CC/C=C1/C(c2cccc(F)c2)=C(CC)N=C2SC=C(C)N21. The molecule has 0 atom stereocenters. The topological polar surface area (TPSA) is 15.6 Å². The van der Waals surface area contributed by atoms with Crippen LogP contribution in [0.4, 0.5) is 4.39 Å². The molecule has 0 aromatic heterocycles. The lowest BCUT2D eigenvalue weighted by molar-refractivity contribution is 0.626. The summed E-state index contributed by atoms with van der Waals surface area (Å²) < 4.78 is 13.7. The van der Waals surface area contributed by atoms with Gasteiger partial charge in [0.2, 0.25) is 0 Å². The molecule has 0 amide bonds. The van der Waals surface area contributed by atoms with Crippen LogP contribution >= 0.6 is 11.8 Å². The third-order valence-electron chi connectivity index (χ3n) is 3.74. The highest BCUT2D eigenvalue weighted by Gasteiger charge is 2.31. The zero-order valence-corrected chi connectivity index (χ0v) is 13.9. The summed E-state index contributed by atoms with van der Waals surface area (Å²) in [5.41, 5.74) is 5.24. The molecule has 4 heteroatoms. The lowest BCUT2D eigenvalue weighted by Gasteiger charge is -2.31. The van der Waals surface area contributed by atoms with E-state index in [4.69, 9.17) is 4.99 Å². The molecule has 0 bridgehead atoms. The van der Waals surface area contributed by atoms with Gasteiger partial charge in [0.1, 0.15) is 5.82 Å². The number of hydrogen-bond acceptors (Lipinski definition) is 3. The Morgan fingerprint density at radius 3 is 2.82 bits per heavy atom. The molecule has 2 heterocycles. The first-order valence-corrected chi connectivity index (χ1v) is 8.45. The normalized spacial score (nSPS) is 19.5. The first-order chi connectivity index (χ1) is 10.7. The van der Waals surface area contributed by atoms with E-state index < -0.39 is 0 Å². The number of hydrogen-bond donors (Lipinski definition) is 0. The van der Waals surface area contributed by atoms with Crippen molar-refractivity contribution >= 4 is 22.5 Å². The largest absolute Gasteiger partial charge is 0.292 e. The maximum absolute atomic E-state index is 13.7. The number of halogens is 1. The molecule has 0 N–H and O–H groups in total. The molecule has 2 nitrogen and oxygen atoms in total. The highest BCUT2D eigenvalue weighted by atomic mass is 32.2. The molecule has 0 radical (unpaired) electrons. The van der Waals surface area contributed by atoms with E-state index >= 15 is 0 Å². The number of nitrogens with zero attached hydrogens (tertiary/aromatic N) is 2. The summed E-state index contributed by atoms with van der Waals surface area (Å²) >= 11 is 1.65. The maximum atomic E-state index is 13.7. The van der Waals surface area contributed by atoms with Crippen LogP contribution in [0.15, 0.2) is 57.8 Å². The first kappa shape index (κ1) is 15.1. The van der Waals surface area contributed by atoms with Crippen LogP contribution in [0, 0.1) is 5.82 Å². The fourth-order valence-electron chi connectivity index (χ4n) is 2.80. The molecule has 0 saturated carbocycles. The van der Waals surface area contributed by atoms with Gasteiger partial charge in [-0.2, -0.15) is 0 Å². The number of aliphatic imine (C=N–C) groups is 1. The highest BCUT2D eigenvalue weighted by Crippen LogP contribution is 2.42. The molecule has 0 saturated heterocycles. The highest BCUT2D eigenvalue weighted by molar-refractivity contribution is 8.16. The Morgan fingerprint density at radius 1 is 1.32 bits per heavy atom. The van der Waals surface area contributed by atoms with E-state index in [-0.39, 0.29) is 5.82 Å². The molecule has 1 aromatic rings. The van der Waals surface area contributed by atoms with Crippen LogP contribution in [-0.4, -0.2) is 10.1 Å². The summed E-state index contributed by atoms with van der Waals surface area (Å²) in [4.78, 5) is 6.98. The minimum Gasteiger partial charge on any atom is -0.292 e. The Labute approximate surface area is 135 Å². The van der Waals surface area contributed by atoms with Crippen LogP contribution in [0.1, 0.15) is 39.2 Å². The molecule has 2 aliphatic heterocycles. The number of benzene rings is 1. The predicted octanol–water partition coefficient (Wildman–Crippen LogP) is 5.52. The van der Waals surface area contributed by atoms with E-state index in [0.29, 0.717) is 0 Å². The lowest BCUT2D eigenvalue weighted by Crippen LogP contribution is -2.27. The fourth-order valence-corrected chi connectivity index (χ4v) is 3.69. The summed E-state index contributed by atoms with van der Waals surface area (Å²) in [6.45, 7) is 6.30. The van der Waals surface area contributed by atoms with Crippen LogP contribution < -0.4 is 0 Å². The van der Waals surface area contributed by atoms with E-state index in [2.05, 4.69) is 37.2 Å². The monoisotopic (exact) mass is 314 g/mol. The van der Waals surface area contributed by atoms with Gasteiger partial charge in [-0.3, -0.25) is 4.90 Å². The molecule has 0 spiro atoms. The van der Waals surface area contributed by atoms with Crippen molar-refractivity contribution in [2.45, 2.75) is 33.6 Å². The van der Waals surface area contributed by atoms with Crippen molar-refractivity contribution in [1.82, 2.24) is 4.90 Å². The first-order valence-electron chi connectivity index (χ1n) is 7.57. The van der Waals surface area contributed by atoms with Crippen LogP contribution in [0.2, 0.25) is 0 Å². The molecule has 0 fully saturated rings. The molecule has 2 aliphatic rings. The van der Waals surface area contributed by atoms with Crippen molar-refractivity contribution in [3.63, 3.8) is 0 Å². The molecule has 0 aliphatic carbocycles. The smallest absolute Gasteiger partial charge is 0.177 e. The zero-order chi connectivity index (χ0) is 15.7. The second-order valence-electron chi connectivity index (χ2n) is 5.29. The molecule has 22 heavy (non-hydrogen) atoms. The zero-order valence-electron chi connectivity index (χ0n) is 13.1. The van der Waals surface area contributed by atoms with Gasteiger partial charge in [0.05, 0.1) is 11.4 Å². The Hall–Kier alpha value is -1.81. The average Bonchev–Trinajstić information content (AvgIpc) is 2.88. The van der Waals surface area contributed by atoms with Gasteiger partial charge in [-0.05, 0) is 42.9 Å². The maximum Gasteiger partial charge on any atom is 0.177 e. The number of fused-ring (bicyclic) bond motifs is 1. The summed E-state index contributed by atoms with van der Waals surface area (Å²) in [6, 6.07) is 6.79. The van der Waals surface area contributed by atoms with Crippen molar-refractivity contribution in [2.75, 3.05) is 0 Å². The molecular weight excluding hydrogens is 295 g/mol. The molecule has 3 rings (SSSR count). The van der Waals surface area contributed by atoms with Crippen LogP contribution in [-0.2, 0) is 0 Å². The van der Waals surface area contributed by atoms with E-state index in [1.165, 1.54) is 6.07 Å². The van der Waals surface area contributed by atoms with E-state index in [1.807, 2.05) is 6.07 Å². The quantitative estimate of drug-likeness (QED) is 0.730. The summed E-state index contributed by atoms with van der Waals surface area (Å²) in [5, 5.41) is 3.11. The third kappa shape index (κ3) is 2.52. The number of allylic oxidation sites excluding steroid dienone is 4. The van der Waals surface area contributed by atoms with Gasteiger partial charge in [0.25, 0.3) is 0 Å². The van der Waals surface area contributed by atoms with Crippen molar-refractivity contribution < 1.29 is 4.39 Å². The fraction of sp³-hybridized carbons (Fsp3) is 0.278. The lowest BCUT2D eigenvalue weighted by atomic mass is 9.96. The Kier molecular flexibility index (Phi) is 4.21. The molecule has 0 unspecified atom stereocenters. The summed E-state index contributed by atoms with van der Waals surface area (Å²) in [6.07, 6.45) is 3.95. The third-order valence-corrected chi connectivity index (χ3v) is 4.68. The Morgan fingerprint density at radius 2 is 2.14 bits per heavy atom. The molecule has 114 valence electrons. The van der Waals surface area contributed by atoms with E-state index in [0.717, 1.165) is 46.2 Å². The standard InChI is InChI=1S/C18H19FN2S/c1-4-7-16-17(13-8-6-9-14(19)10-13)15(5-2)20-18-21(16)12(3)11-22-18/h6-11H,4-5H2,1-3H3/b16-7-. The van der Waals surface area contributed by atoms with Gasteiger partial charge in [-0.1, -0.05) is 43.8 Å². The number of amidine groups is 1. The minimum absolute atomic E-state index is 0.214. The Balaban J connectivity index is 2.22. The Bertz CT molecular complexity index is 728. The van der Waals surface area contributed by atoms with Crippen LogP contribution in [0.5, 0.6) is 0 Å². The minimum atomic E-state index is -0.214. The van der Waals surface area contributed by atoms with Crippen molar-refractivity contribution in [3.8, 4) is 0 Å². The van der Waals surface area contributed by atoms with E-state index in [9.17, 15) is 4.39 Å². The van der Waals surface area contributed by atoms with Crippen molar-refractivity contribution in [3.05, 3.63) is 64.2 Å². The van der Waals surface area contributed by atoms with Gasteiger partial charge in [-0.25, -0.2) is 9.38 Å². The van der Waals surface area contributed by atoms with Gasteiger partial charge >= 0.3 is 0 Å². The average molecular weight is 314 g/mol. The van der Waals surface area contributed by atoms with Gasteiger partial charge in [0, 0.05) is 11.3 Å². The van der Waals surface area contributed by atoms with Gasteiger partial charge in [-0.15, -0.1) is 0 Å². The van der Waals surface area contributed by atoms with Gasteiger partial charge in [0.15, 0.2) is 5.17 Å². The number of rotatable bonds is 3. The van der Waals surface area contributed by atoms with Crippen molar-refractivity contribution in [1.29, 1.82) is 0 Å². The van der Waals surface area contributed by atoms with Crippen molar-refractivity contribution in [2.24, 2.45) is 4.99 Å². The molecule has 1 aromatic carbocycles. The van der Waals surface area contributed by atoms with Crippen LogP contribution in [0.25, 0.3) is 5.57 Å². The number of thioether (sulfide) groups is 1. The summed E-state index contributed by atoms with van der Waals surface area (Å²) in [7, 11) is 0. The van der Waals surface area contributed by atoms with E-state index in [1.54, 1.807) is 23.9 Å². The van der Waals surface area contributed by atoms with Gasteiger partial charge < -0.3 is 0 Å². The molecular formula is C18H19FN2S.